The minimum Gasteiger partial charge on any atom is -0.485 e. The van der Waals surface area contributed by atoms with E-state index in [2.05, 4.69) is 20.6 Å². The van der Waals surface area contributed by atoms with E-state index in [1.54, 1.807) is 0 Å². The Balaban J connectivity index is 2.01. The number of benzene rings is 1. The molecule has 0 saturated carbocycles. The van der Waals surface area contributed by atoms with E-state index in [9.17, 15) is 4.79 Å². The number of H-pyrrole nitrogens is 1. The van der Waals surface area contributed by atoms with Crippen LogP contribution in [0.2, 0.25) is 0 Å². The summed E-state index contributed by atoms with van der Waals surface area (Å²) in [6, 6.07) is 5.29. The smallest absolute Gasteiger partial charge is 0.336 e. The third-order valence-electron chi connectivity index (χ3n) is 3.32. The average Bonchev–Trinajstić information content (AvgIpc) is 2.99. The molecule has 0 atom stereocenters. The predicted octanol–water partition coefficient (Wildman–Crippen LogP) is 1.76. The van der Waals surface area contributed by atoms with E-state index in [0.29, 0.717) is 17.2 Å². The van der Waals surface area contributed by atoms with Crippen molar-refractivity contribution in [3.05, 3.63) is 45.6 Å². The Labute approximate surface area is 119 Å². The molecule has 0 aliphatic heterocycles. The van der Waals surface area contributed by atoms with Gasteiger partial charge in [0.05, 0.1) is 0 Å². The Hall–Kier alpha value is -2.70. The van der Waals surface area contributed by atoms with Crippen molar-refractivity contribution in [3.8, 4) is 5.75 Å². The number of rotatable bonds is 4. The summed E-state index contributed by atoms with van der Waals surface area (Å²) in [5, 5.41) is 14.4. The second kappa shape index (κ2) is 5.35. The first-order valence-electron chi connectivity index (χ1n) is 6.60. The maximum atomic E-state index is 11.6. The average molecular weight is 286 g/mol. The Bertz CT molecular complexity index is 824. The number of aromatic amines is 1. The predicted molar refractivity (Wildman–Crippen MR) is 75.1 cm³/mol. The molecule has 0 saturated heterocycles. The van der Waals surface area contributed by atoms with Gasteiger partial charge in [-0.25, -0.2) is 4.79 Å². The summed E-state index contributed by atoms with van der Waals surface area (Å²) in [5.41, 5.74) is 1.96. The van der Waals surface area contributed by atoms with Gasteiger partial charge in [0.2, 0.25) is 5.82 Å². The molecule has 0 unspecified atom stereocenters. The fourth-order valence-electron chi connectivity index (χ4n) is 2.24. The third kappa shape index (κ3) is 2.49. The molecule has 1 N–H and O–H groups in total. The molecule has 0 spiro atoms. The van der Waals surface area contributed by atoms with Gasteiger partial charge in [-0.1, -0.05) is 12.1 Å². The van der Waals surface area contributed by atoms with E-state index in [4.69, 9.17) is 9.15 Å². The van der Waals surface area contributed by atoms with Crippen molar-refractivity contribution in [3.63, 3.8) is 0 Å². The molecule has 0 aliphatic carbocycles. The van der Waals surface area contributed by atoms with Crippen LogP contribution in [0.15, 0.2) is 27.4 Å². The van der Waals surface area contributed by atoms with E-state index >= 15 is 0 Å². The molecule has 0 radical (unpaired) electrons. The van der Waals surface area contributed by atoms with Crippen molar-refractivity contribution >= 4 is 11.0 Å². The molecular weight excluding hydrogens is 272 g/mol. The zero-order valence-corrected chi connectivity index (χ0v) is 11.7. The van der Waals surface area contributed by atoms with Crippen LogP contribution < -0.4 is 10.4 Å². The zero-order chi connectivity index (χ0) is 14.8. The van der Waals surface area contributed by atoms with Gasteiger partial charge in [-0.05, 0) is 31.0 Å². The summed E-state index contributed by atoms with van der Waals surface area (Å²) in [6.07, 6.45) is 0.768. The van der Waals surface area contributed by atoms with Gasteiger partial charge < -0.3 is 9.15 Å². The van der Waals surface area contributed by atoms with Gasteiger partial charge in [0.1, 0.15) is 11.3 Å². The van der Waals surface area contributed by atoms with Crippen LogP contribution in [0.5, 0.6) is 5.75 Å². The number of hydrogen-bond donors (Lipinski definition) is 1. The quantitative estimate of drug-likeness (QED) is 0.734. The second-order valence-electron chi connectivity index (χ2n) is 4.63. The lowest BCUT2D eigenvalue weighted by molar-refractivity contribution is 0.294. The fourth-order valence-corrected chi connectivity index (χ4v) is 2.24. The van der Waals surface area contributed by atoms with E-state index in [0.717, 1.165) is 22.9 Å². The van der Waals surface area contributed by atoms with Gasteiger partial charge >= 0.3 is 5.63 Å². The van der Waals surface area contributed by atoms with Crippen molar-refractivity contribution in [2.75, 3.05) is 0 Å². The van der Waals surface area contributed by atoms with E-state index in [-0.39, 0.29) is 12.2 Å². The lowest BCUT2D eigenvalue weighted by Gasteiger charge is -2.10. The Morgan fingerprint density at radius 3 is 2.95 bits per heavy atom. The van der Waals surface area contributed by atoms with E-state index in [1.165, 1.54) is 6.07 Å². The van der Waals surface area contributed by atoms with Gasteiger partial charge in [-0.15, -0.1) is 10.2 Å². The lowest BCUT2D eigenvalue weighted by Crippen LogP contribution is -2.03. The molecule has 3 aromatic rings. The number of aromatic nitrogens is 4. The summed E-state index contributed by atoms with van der Waals surface area (Å²) in [5.74, 6) is 1.09. The molecule has 0 amide bonds. The van der Waals surface area contributed by atoms with Gasteiger partial charge in [0.15, 0.2) is 6.61 Å². The van der Waals surface area contributed by atoms with E-state index in [1.807, 2.05) is 26.0 Å². The lowest BCUT2D eigenvalue weighted by atomic mass is 10.0. The van der Waals surface area contributed by atoms with E-state index < -0.39 is 0 Å². The Kier molecular flexibility index (Phi) is 3.39. The number of aryl methyl sites for hydroxylation is 2. The van der Waals surface area contributed by atoms with Crippen molar-refractivity contribution in [2.45, 2.75) is 26.9 Å². The highest BCUT2D eigenvalue weighted by molar-refractivity contribution is 5.84. The monoisotopic (exact) mass is 286 g/mol. The number of nitrogens with one attached hydrogen (secondary N) is 1. The fraction of sp³-hybridized carbons (Fsp3) is 0.286. The summed E-state index contributed by atoms with van der Waals surface area (Å²) >= 11 is 0. The minimum absolute atomic E-state index is 0.195. The first-order chi connectivity index (χ1) is 10.2. The van der Waals surface area contributed by atoms with Crippen LogP contribution in [0.4, 0.5) is 0 Å². The molecule has 21 heavy (non-hydrogen) atoms. The van der Waals surface area contributed by atoms with Crippen molar-refractivity contribution < 1.29 is 9.15 Å². The molecular formula is C14H14N4O3. The van der Waals surface area contributed by atoms with Crippen LogP contribution in [-0.2, 0) is 13.0 Å². The summed E-state index contributed by atoms with van der Waals surface area (Å²) in [4.78, 5) is 11.6. The summed E-state index contributed by atoms with van der Waals surface area (Å²) < 4.78 is 11.0. The van der Waals surface area contributed by atoms with Gasteiger partial charge in [0, 0.05) is 17.0 Å². The van der Waals surface area contributed by atoms with Crippen molar-refractivity contribution in [2.24, 2.45) is 0 Å². The molecule has 2 heterocycles. The molecule has 2 aromatic heterocycles. The molecule has 3 rings (SSSR count). The van der Waals surface area contributed by atoms with Crippen LogP contribution in [0, 0.1) is 6.92 Å². The van der Waals surface area contributed by atoms with Gasteiger partial charge in [-0.2, -0.15) is 5.21 Å². The Morgan fingerprint density at radius 2 is 2.24 bits per heavy atom. The minimum atomic E-state index is -0.349. The van der Waals surface area contributed by atoms with Crippen LogP contribution in [0.3, 0.4) is 0 Å². The first kappa shape index (κ1) is 13.3. The highest BCUT2D eigenvalue weighted by atomic mass is 16.5. The van der Waals surface area contributed by atoms with Crippen LogP contribution in [0.25, 0.3) is 11.0 Å². The van der Waals surface area contributed by atoms with Crippen molar-refractivity contribution in [1.82, 2.24) is 20.6 Å². The van der Waals surface area contributed by atoms with Crippen LogP contribution in [-0.4, -0.2) is 20.6 Å². The molecule has 1 aromatic carbocycles. The maximum absolute atomic E-state index is 11.6. The number of tetrazole rings is 1. The topological polar surface area (TPSA) is 93.9 Å². The normalized spacial score (nSPS) is 11.0. The molecule has 7 heteroatoms. The first-order valence-corrected chi connectivity index (χ1v) is 6.60. The van der Waals surface area contributed by atoms with Gasteiger partial charge in [0.25, 0.3) is 0 Å². The number of ether oxygens (including phenoxy) is 1. The second-order valence-corrected chi connectivity index (χ2v) is 4.63. The largest absolute Gasteiger partial charge is 0.485 e. The number of hydrogen-bond acceptors (Lipinski definition) is 6. The third-order valence-corrected chi connectivity index (χ3v) is 3.32. The summed E-state index contributed by atoms with van der Waals surface area (Å²) in [6.45, 7) is 4.06. The van der Waals surface area contributed by atoms with Crippen LogP contribution in [0.1, 0.15) is 23.9 Å². The molecule has 0 bridgehead atoms. The molecule has 108 valence electrons. The molecule has 7 nitrogen and oxygen atoms in total. The molecule has 0 aliphatic rings. The van der Waals surface area contributed by atoms with Crippen LogP contribution >= 0.6 is 0 Å². The molecule has 0 fully saturated rings. The highest BCUT2D eigenvalue weighted by Gasteiger charge is 2.11. The SMILES string of the molecule is CCc1cc(=O)oc2c(C)c(OCc3nn[nH]n3)ccc12. The standard InChI is InChI=1S/C14H14N4O3/c1-3-9-6-13(19)21-14-8(2)11(5-4-10(9)14)20-7-12-15-17-18-16-12/h4-6H,3,7H2,1-2H3,(H,15,16,17,18). The summed E-state index contributed by atoms with van der Waals surface area (Å²) in [7, 11) is 0. The highest BCUT2D eigenvalue weighted by Crippen LogP contribution is 2.28. The zero-order valence-electron chi connectivity index (χ0n) is 11.7. The number of fused-ring (bicyclic) bond motifs is 1. The van der Waals surface area contributed by atoms with Crippen molar-refractivity contribution in [1.29, 1.82) is 0 Å². The Morgan fingerprint density at radius 1 is 1.38 bits per heavy atom. The van der Waals surface area contributed by atoms with Gasteiger partial charge in [-0.3, -0.25) is 0 Å². The number of nitrogens with zero attached hydrogens (tertiary/aromatic N) is 3. The maximum Gasteiger partial charge on any atom is 0.336 e.